The van der Waals surface area contributed by atoms with E-state index in [4.69, 9.17) is 44.5 Å². The van der Waals surface area contributed by atoms with E-state index < -0.39 is 27.7 Å². The summed E-state index contributed by atoms with van der Waals surface area (Å²) < 4.78 is 30.6. The molecule has 0 saturated heterocycles. The van der Waals surface area contributed by atoms with Gasteiger partial charge in [0, 0.05) is 29.9 Å². The standard InChI is InChI=1S/C22H22Cl3N3O4S/c1-3-18(32-19(29)12-33(2,30)31)14-6-7-15(24)20-21(14)28-10-4-9-27(22(28)26-20)17-8-5-13(23)11-16(17)25/h5-8,11,18H,3-4,9-10,12H2,1-2H3. The summed E-state index contributed by atoms with van der Waals surface area (Å²) in [6, 6.07) is 8.83. The van der Waals surface area contributed by atoms with E-state index in [1.54, 1.807) is 24.3 Å². The van der Waals surface area contributed by atoms with E-state index in [-0.39, 0.29) is 0 Å². The molecule has 0 radical (unpaired) electrons. The maximum absolute atomic E-state index is 12.2. The number of ether oxygens (including phenoxy) is 1. The predicted molar refractivity (Wildman–Crippen MR) is 132 cm³/mol. The molecule has 2 aromatic carbocycles. The molecular formula is C22H22Cl3N3O4S. The molecule has 176 valence electrons. The summed E-state index contributed by atoms with van der Waals surface area (Å²) in [6.07, 6.45) is 1.64. The zero-order valence-electron chi connectivity index (χ0n) is 18.0. The zero-order chi connectivity index (χ0) is 23.9. The van der Waals surface area contributed by atoms with Crippen LogP contribution in [0.5, 0.6) is 0 Å². The van der Waals surface area contributed by atoms with Crippen LogP contribution in [0, 0.1) is 0 Å². The second kappa shape index (κ2) is 9.33. The fourth-order valence-corrected chi connectivity index (χ4v) is 5.29. The van der Waals surface area contributed by atoms with Crippen LogP contribution in [0.4, 0.5) is 11.6 Å². The molecule has 1 aliphatic heterocycles. The van der Waals surface area contributed by atoms with E-state index in [0.717, 1.165) is 29.4 Å². The number of aryl methyl sites for hydroxylation is 1. The Morgan fingerprint density at radius 2 is 1.91 bits per heavy atom. The van der Waals surface area contributed by atoms with Gasteiger partial charge < -0.3 is 14.2 Å². The molecule has 1 unspecified atom stereocenters. The third-order valence-electron chi connectivity index (χ3n) is 5.43. The van der Waals surface area contributed by atoms with Crippen molar-refractivity contribution in [2.75, 3.05) is 23.5 Å². The number of hydrogen-bond acceptors (Lipinski definition) is 6. The third kappa shape index (κ3) is 4.94. The van der Waals surface area contributed by atoms with Crippen LogP contribution in [0.1, 0.15) is 31.4 Å². The first-order valence-corrected chi connectivity index (χ1v) is 13.6. The highest BCUT2D eigenvalue weighted by molar-refractivity contribution is 7.91. The van der Waals surface area contributed by atoms with Gasteiger partial charge in [-0.15, -0.1) is 0 Å². The summed E-state index contributed by atoms with van der Waals surface area (Å²) in [7, 11) is -3.50. The van der Waals surface area contributed by atoms with Crippen molar-refractivity contribution in [1.29, 1.82) is 0 Å². The van der Waals surface area contributed by atoms with Gasteiger partial charge >= 0.3 is 5.97 Å². The molecule has 1 atom stereocenters. The Kier molecular flexibility index (Phi) is 6.82. The molecule has 0 fully saturated rings. The molecule has 0 bridgehead atoms. The normalized spacial score (nSPS) is 14.9. The Balaban J connectivity index is 1.82. The van der Waals surface area contributed by atoms with Crippen molar-refractivity contribution in [2.45, 2.75) is 32.4 Å². The second-order valence-corrected chi connectivity index (χ2v) is 11.3. The first-order chi connectivity index (χ1) is 15.6. The minimum Gasteiger partial charge on any atom is -0.457 e. The number of benzene rings is 2. The summed E-state index contributed by atoms with van der Waals surface area (Å²) in [5, 5.41) is 1.52. The van der Waals surface area contributed by atoms with Gasteiger partial charge in [-0.2, -0.15) is 0 Å². The van der Waals surface area contributed by atoms with Gasteiger partial charge in [0.15, 0.2) is 9.84 Å². The number of rotatable bonds is 6. The molecule has 7 nitrogen and oxygen atoms in total. The average molecular weight is 531 g/mol. The fourth-order valence-electron chi connectivity index (χ4n) is 4.09. The Labute approximate surface area is 207 Å². The Hall–Kier alpha value is -2.00. The molecule has 0 saturated carbocycles. The van der Waals surface area contributed by atoms with E-state index >= 15 is 0 Å². The van der Waals surface area contributed by atoms with Gasteiger partial charge in [0.25, 0.3) is 0 Å². The second-order valence-electron chi connectivity index (χ2n) is 7.96. The molecule has 33 heavy (non-hydrogen) atoms. The van der Waals surface area contributed by atoms with E-state index in [1.165, 1.54) is 0 Å². The number of carbonyl (C=O) groups excluding carboxylic acids is 1. The Bertz CT molecular complexity index is 1340. The fraction of sp³-hybridized carbons (Fsp3) is 0.364. The van der Waals surface area contributed by atoms with Crippen LogP contribution in [0.3, 0.4) is 0 Å². The first kappa shape index (κ1) is 24.1. The molecule has 0 N–H and O–H groups in total. The SMILES string of the molecule is CCC(OC(=O)CS(C)(=O)=O)c1ccc(Cl)c2nc3n(c12)CCCN3c1ccc(Cl)cc1Cl. The van der Waals surface area contributed by atoms with Crippen LogP contribution in [0.25, 0.3) is 11.0 Å². The van der Waals surface area contributed by atoms with Crippen molar-refractivity contribution in [1.82, 2.24) is 9.55 Å². The van der Waals surface area contributed by atoms with Crippen molar-refractivity contribution in [2.24, 2.45) is 0 Å². The molecule has 2 heterocycles. The van der Waals surface area contributed by atoms with Gasteiger partial charge in [0.2, 0.25) is 5.95 Å². The molecule has 0 spiro atoms. The minimum absolute atomic E-state index is 0.458. The van der Waals surface area contributed by atoms with Crippen LogP contribution >= 0.6 is 34.8 Å². The van der Waals surface area contributed by atoms with Gasteiger partial charge in [-0.3, -0.25) is 4.79 Å². The topological polar surface area (TPSA) is 81.5 Å². The average Bonchev–Trinajstić information content (AvgIpc) is 3.12. The number of anilines is 2. The quantitative estimate of drug-likeness (QED) is 0.387. The largest absolute Gasteiger partial charge is 0.457 e. The van der Waals surface area contributed by atoms with Gasteiger partial charge in [0.05, 0.1) is 21.2 Å². The van der Waals surface area contributed by atoms with Crippen molar-refractivity contribution >= 4 is 73.3 Å². The predicted octanol–water partition coefficient (Wildman–Crippen LogP) is 5.58. The molecule has 1 aromatic heterocycles. The summed E-state index contributed by atoms with van der Waals surface area (Å²) in [6.45, 7) is 3.26. The van der Waals surface area contributed by atoms with Crippen LogP contribution in [0.2, 0.25) is 15.1 Å². The number of sulfone groups is 1. The highest BCUT2D eigenvalue weighted by atomic mass is 35.5. The maximum atomic E-state index is 12.2. The van der Waals surface area contributed by atoms with Crippen LogP contribution < -0.4 is 4.90 Å². The van der Waals surface area contributed by atoms with Crippen molar-refractivity contribution in [3.8, 4) is 0 Å². The number of imidazole rings is 1. The van der Waals surface area contributed by atoms with Gasteiger partial charge in [-0.1, -0.05) is 47.8 Å². The number of halogens is 3. The lowest BCUT2D eigenvalue weighted by Crippen LogP contribution is -2.28. The molecule has 4 rings (SSSR count). The lowest BCUT2D eigenvalue weighted by Gasteiger charge is -2.30. The molecular weight excluding hydrogens is 509 g/mol. The summed E-state index contributed by atoms with van der Waals surface area (Å²) in [4.78, 5) is 19.1. The number of carbonyl (C=O) groups is 1. The lowest BCUT2D eigenvalue weighted by atomic mass is 10.0. The van der Waals surface area contributed by atoms with Crippen LogP contribution in [-0.4, -0.2) is 42.5 Å². The maximum Gasteiger partial charge on any atom is 0.321 e. The number of fused-ring (bicyclic) bond motifs is 3. The molecule has 11 heteroatoms. The van der Waals surface area contributed by atoms with Gasteiger partial charge in [0.1, 0.15) is 17.4 Å². The van der Waals surface area contributed by atoms with Crippen molar-refractivity contribution in [3.05, 3.63) is 51.0 Å². The highest BCUT2D eigenvalue weighted by Gasteiger charge is 2.29. The molecule has 3 aromatic rings. The molecule has 1 aliphatic rings. The highest BCUT2D eigenvalue weighted by Crippen LogP contribution is 2.41. The van der Waals surface area contributed by atoms with Gasteiger partial charge in [-0.05, 0) is 37.1 Å². The van der Waals surface area contributed by atoms with E-state index in [1.807, 2.05) is 22.5 Å². The van der Waals surface area contributed by atoms with E-state index in [0.29, 0.717) is 46.0 Å². The first-order valence-electron chi connectivity index (χ1n) is 10.4. The number of nitrogens with zero attached hydrogens (tertiary/aromatic N) is 3. The molecule has 0 aliphatic carbocycles. The van der Waals surface area contributed by atoms with Crippen molar-refractivity contribution < 1.29 is 17.9 Å². The summed E-state index contributed by atoms with van der Waals surface area (Å²) in [5.41, 5.74) is 2.84. The zero-order valence-corrected chi connectivity index (χ0v) is 21.1. The monoisotopic (exact) mass is 529 g/mol. The minimum atomic E-state index is -3.50. The smallest absolute Gasteiger partial charge is 0.321 e. The van der Waals surface area contributed by atoms with Crippen molar-refractivity contribution in [3.63, 3.8) is 0 Å². The third-order valence-corrected chi connectivity index (χ3v) is 7.04. The van der Waals surface area contributed by atoms with E-state index in [2.05, 4.69) is 0 Å². The van der Waals surface area contributed by atoms with E-state index in [9.17, 15) is 13.2 Å². The summed E-state index contributed by atoms with van der Waals surface area (Å²) >= 11 is 19.1. The molecule has 0 amide bonds. The Morgan fingerprint density at radius 1 is 1.15 bits per heavy atom. The van der Waals surface area contributed by atoms with Gasteiger partial charge in [-0.25, -0.2) is 13.4 Å². The summed E-state index contributed by atoms with van der Waals surface area (Å²) in [5.74, 6) is -0.791. The number of hydrogen-bond donors (Lipinski definition) is 0. The lowest BCUT2D eigenvalue weighted by molar-refractivity contribution is -0.146. The van der Waals surface area contributed by atoms with Crippen LogP contribution in [-0.2, 0) is 25.9 Å². The Morgan fingerprint density at radius 3 is 2.58 bits per heavy atom. The number of aromatic nitrogens is 2. The van der Waals surface area contributed by atoms with Crippen LogP contribution in [0.15, 0.2) is 30.3 Å². The number of esters is 1.